The Hall–Kier alpha value is -5.37. The Balaban J connectivity index is 1.39. The van der Waals surface area contributed by atoms with Crippen LogP contribution in [-0.2, 0) is 0 Å². The van der Waals surface area contributed by atoms with Gasteiger partial charge in [0.25, 0.3) is 0 Å². The van der Waals surface area contributed by atoms with Gasteiger partial charge in [0.05, 0.1) is 39.0 Å². The standard InChI is InChI=1S/C37H21N3S/c1-38-30-15-8-13-27-24-10-2-5-16-31(24)39(36(27)30)23-20-21-33-29(22-23)25-11-3-6-17-32(25)40(33)34-18-9-14-28-26-12-4-7-19-35(26)41-37(28)34/h2-22H. The minimum Gasteiger partial charge on any atom is -0.319 e. The second-order valence-corrected chi connectivity index (χ2v) is 11.5. The van der Waals surface area contributed by atoms with Crippen LogP contribution in [-0.4, -0.2) is 9.13 Å². The highest BCUT2D eigenvalue weighted by molar-refractivity contribution is 7.26. The molecule has 0 saturated heterocycles. The third-order valence-electron chi connectivity index (χ3n) is 8.33. The Morgan fingerprint density at radius 2 is 1.15 bits per heavy atom. The van der Waals surface area contributed by atoms with E-state index in [-0.39, 0.29) is 0 Å². The molecule has 0 bridgehead atoms. The van der Waals surface area contributed by atoms with E-state index in [2.05, 4.69) is 129 Å². The smallest absolute Gasteiger partial charge is 0.211 e. The van der Waals surface area contributed by atoms with Crippen LogP contribution in [0.1, 0.15) is 0 Å². The number of rotatable bonds is 2. The van der Waals surface area contributed by atoms with E-state index >= 15 is 0 Å². The first kappa shape index (κ1) is 22.4. The molecule has 0 unspecified atom stereocenters. The minimum absolute atomic E-state index is 0.665. The Morgan fingerprint density at radius 3 is 1.98 bits per heavy atom. The van der Waals surface area contributed by atoms with E-state index < -0.39 is 0 Å². The van der Waals surface area contributed by atoms with Crippen LogP contribution in [0.25, 0.3) is 80.0 Å². The fourth-order valence-corrected chi connectivity index (χ4v) is 7.83. The van der Waals surface area contributed by atoms with Gasteiger partial charge in [0.15, 0.2) is 0 Å². The molecule has 0 aliphatic heterocycles. The van der Waals surface area contributed by atoms with Gasteiger partial charge >= 0.3 is 0 Å². The number of para-hydroxylation sites is 3. The van der Waals surface area contributed by atoms with Crippen LogP contribution >= 0.6 is 11.3 Å². The van der Waals surface area contributed by atoms with Gasteiger partial charge in [-0.1, -0.05) is 84.9 Å². The Morgan fingerprint density at radius 1 is 0.512 bits per heavy atom. The molecule has 9 aromatic rings. The predicted molar refractivity (Wildman–Crippen MR) is 174 cm³/mol. The first-order valence-corrected chi connectivity index (χ1v) is 14.5. The molecule has 6 aromatic carbocycles. The van der Waals surface area contributed by atoms with E-state index in [1.807, 2.05) is 23.5 Å². The molecule has 190 valence electrons. The topological polar surface area (TPSA) is 14.2 Å². The average Bonchev–Trinajstić information content (AvgIpc) is 3.68. The summed E-state index contributed by atoms with van der Waals surface area (Å²) in [6, 6.07) is 45.2. The molecular weight excluding hydrogens is 518 g/mol. The highest BCUT2D eigenvalue weighted by Crippen LogP contribution is 2.42. The molecule has 9 rings (SSSR count). The van der Waals surface area contributed by atoms with Crippen molar-refractivity contribution in [1.82, 2.24) is 9.13 Å². The van der Waals surface area contributed by atoms with Crippen molar-refractivity contribution in [3.63, 3.8) is 0 Å². The molecule has 0 atom stereocenters. The lowest BCUT2D eigenvalue weighted by Gasteiger charge is -2.11. The second-order valence-electron chi connectivity index (χ2n) is 10.4. The summed E-state index contributed by atoms with van der Waals surface area (Å²) in [4.78, 5) is 3.91. The maximum atomic E-state index is 7.91. The van der Waals surface area contributed by atoms with Crippen LogP contribution in [0.4, 0.5) is 5.69 Å². The largest absolute Gasteiger partial charge is 0.319 e. The summed E-state index contributed by atoms with van der Waals surface area (Å²) in [5, 5.41) is 7.28. The Labute approximate surface area is 239 Å². The van der Waals surface area contributed by atoms with Gasteiger partial charge in [-0.15, -0.1) is 11.3 Å². The number of hydrogen-bond donors (Lipinski definition) is 0. The molecule has 0 N–H and O–H groups in total. The number of aromatic nitrogens is 2. The van der Waals surface area contributed by atoms with Gasteiger partial charge in [-0.25, -0.2) is 4.85 Å². The van der Waals surface area contributed by atoms with Crippen molar-refractivity contribution in [2.24, 2.45) is 0 Å². The van der Waals surface area contributed by atoms with Gasteiger partial charge in [-0.05, 0) is 47.9 Å². The zero-order valence-electron chi connectivity index (χ0n) is 21.9. The van der Waals surface area contributed by atoms with Crippen LogP contribution in [0.3, 0.4) is 0 Å². The van der Waals surface area contributed by atoms with Gasteiger partial charge in [0, 0.05) is 37.3 Å². The molecule has 3 nitrogen and oxygen atoms in total. The molecule has 0 fully saturated rings. The van der Waals surface area contributed by atoms with Crippen LogP contribution < -0.4 is 0 Å². The third-order valence-corrected chi connectivity index (χ3v) is 9.54. The number of fused-ring (bicyclic) bond motifs is 9. The maximum absolute atomic E-state index is 7.91. The monoisotopic (exact) mass is 539 g/mol. The van der Waals surface area contributed by atoms with Gasteiger partial charge in [0.1, 0.15) is 0 Å². The summed E-state index contributed by atoms with van der Waals surface area (Å²) < 4.78 is 7.28. The quantitative estimate of drug-likeness (QED) is 0.194. The third kappa shape index (κ3) is 3.01. The van der Waals surface area contributed by atoms with Crippen molar-refractivity contribution in [2.45, 2.75) is 0 Å². The zero-order valence-corrected chi connectivity index (χ0v) is 22.7. The molecule has 0 aliphatic rings. The molecule has 0 aliphatic carbocycles. The average molecular weight is 540 g/mol. The van der Waals surface area contributed by atoms with Crippen LogP contribution in [0.2, 0.25) is 0 Å². The molecule has 0 spiro atoms. The molecule has 3 aromatic heterocycles. The van der Waals surface area contributed by atoms with Crippen LogP contribution in [0.5, 0.6) is 0 Å². The second kappa shape index (κ2) is 8.32. The van der Waals surface area contributed by atoms with E-state index in [0.29, 0.717) is 5.69 Å². The lowest BCUT2D eigenvalue weighted by Crippen LogP contribution is -1.96. The summed E-state index contributed by atoms with van der Waals surface area (Å²) in [5.41, 5.74) is 7.36. The van der Waals surface area contributed by atoms with E-state index in [4.69, 9.17) is 6.57 Å². The fraction of sp³-hybridized carbons (Fsp3) is 0. The van der Waals surface area contributed by atoms with E-state index in [1.165, 1.54) is 47.7 Å². The summed E-state index contributed by atoms with van der Waals surface area (Å²) in [6.07, 6.45) is 0. The molecular formula is C37H21N3S. The summed E-state index contributed by atoms with van der Waals surface area (Å²) in [6.45, 7) is 7.91. The Kier molecular flexibility index (Phi) is 4.55. The van der Waals surface area contributed by atoms with Crippen molar-refractivity contribution < 1.29 is 0 Å². The van der Waals surface area contributed by atoms with Gasteiger partial charge in [0.2, 0.25) is 5.69 Å². The molecule has 4 heteroatoms. The molecule has 3 heterocycles. The fourth-order valence-electron chi connectivity index (χ4n) is 6.63. The van der Waals surface area contributed by atoms with Crippen molar-refractivity contribution in [2.75, 3.05) is 0 Å². The normalized spacial score (nSPS) is 11.9. The number of benzene rings is 6. The zero-order chi connectivity index (χ0) is 27.1. The highest BCUT2D eigenvalue weighted by atomic mass is 32.1. The number of hydrogen-bond acceptors (Lipinski definition) is 1. The van der Waals surface area contributed by atoms with Crippen LogP contribution in [0, 0.1) is 6.57 Å². The number of thiophene rings is 1. The van der Waals surface area contributed by atoms with Crippen molar-refractivity contribution in [1.29, 1.82) is 0 Å². The van der Waals surface area contributed by atoms with E-state index in [1.54, 1.807) is 0 Å². The van der Waals surface area contributed by atoms with Crippen molar-refractivity contribution >= 4 is 80.8 Å². The van der Waals surface area contributed by atoms with E-state index in [0.717, 1.165) is 27.5 Å². The molecule has 41 heavy (non-hydrogen) atoms. The first-order chi connectivity index (χ1) is 20.3. The lowest BCUT2D eigenvalue weighted by molar-refractivity contribution is 1.18. The van der Waals surface area contributed by atoms with Gasteiger partial charge in [-0.2, -0.15) is 0 Å². The summed E-state index contributed by atoms with van der Waals surface area (Å²) in [7, 11) is 0. The minimum atomic E-state index is 0.665. The number of nitrogens with zero attached hydrogens (tertiary/aromatic N) is 3. The first-order valence-electron chi connectivity index (χ1n) is 13.7. The van der Waals surface area contributed by atoms with E-state index in [9.17, 15) is 0 Å². The summed E-state index contributed by atoms with van der Waals surface area (Å²) >= 11 is 1.86. The molecule has 0 saturated carbocycles. The predicted octanol–water partition coefficient (Wildman–Crippen LogP) is 10.8. The van der Waals surface area contributed by atoms with Crippen molar-refractivity contribution in [3.05, 3.63) is 139 Å². The van der Waals surface area contributed by atoms with Crippen LogP contribution in [0.15, 0.2) is 127 Å². The Bertz CT molecular complexity index is 2550. The summed E-state index contributed by atoms with van der Waals surface area (Å²) in [5.74, 6) is 0. The van der Waals surface area contributed by atoms with Crippen molar-refractivity contribution in [3.8, 4) is 11.4 Å². The van der Waals surface area contributed by atoms with Gasteiger partial charge < -0.3 is 9.13 Å². The maximum Gasteiger partial charge on any atom is 0.211 e. The van der Waals surface area contributed by atoms with Gasteiger partial charge in [-0.3, -0.25) is 0 Å². The molecule has 0 amide bonds. The SMILES string of the molecule is [C-]#[N+]c1cccc2c3ccccc3n(-c3ccc4c(c3)c3ccccc3n4-c3cccc4c3sc3ccccc34)c12. The highest BCUT2D eigenvalue weighted by Gasteiger charge is 2.19. The molecule has 0 radical (unpaired) electrons. The lowest BCUT2D eigenvalue weighted by atomic mass is 10.1.